The summed E-state index contributed by atoms with van der Waals surface area (Å²) >= 11 is 0. The van der Waals surface area contributed by atoms with E-state index in [-0.39, 0.29) is 18.8 Å². The summed E-state index contributed by atoms with van der Waals surface area (Å²) in [7, 11) is 0. The number of ether oxygens (including phenoxy) is 1. The number of urea groups is 1. The van der Waals surface area contributed by atoms with Crippen LogP contribution in [0.5, 0.6) is 5.75 Å². The first-order chi connectivity index (χ1) is 13.4. The lowest BCUT2D eigenvalue weighted by Gasteiger charge is -2.21. The smallest absolute Gasteiger partial charge is 0.422 e. The number of hydrogen-bond donors (Lipinski definition) is 1. The molecule has 0 saturated heterocycles. The summed E-state index contributed by atoms with van der Waals surface area (Å²) in [5, 5.41) is 2.69. The number of carbonyl (C=O) groups is 1. The van der Waals surface area contributed by atoms with Crippen molar-refractivity contribution in [1.82, 2.24) is 4.90 Å². The van der Waals surface area contributed by atoms with Crippen LogP contribution in [0.25, 0.3) is 0 Å². The highest BCUT2D eigenvalue weighted by Gasteiger charge is 2.28. The van der Waals surface area contributed by atoms with E-state index < -0.39 is 18.8 Å². The molecule has 1 N–H and O–H groups in total. The average Bonchev–Trinajstić information content (AvgIpc) is 3.34. The first-order valence-electron chi connectivity index (χ1n) is 8.29. The third-order valence-corrected chi connectivity index (χ3v) is 3.65. The molecule has 9 heteroatoms. The van der Waals surface area contributed by atoms with Crippen LogP contribution < -0.4 is 10.1 Å². The minimum absolute atomic E-state index is 0.0540. The Morgan fingerprint density at radius 1 is 0.964 bits per heavy atom. The molecular formula is C19H17F3N2O4. The molecule has 0 spiro atoms. The summed E-state index contributed by atoms with van der Waals surface area (Å²) in [4.78, 5) is 14.1. The van der Waals surface area contributed by atoms with E-state index in [1.54, 1.807) is 24.3 Å². The Balaban J connectivity index is 1.63. The van der Waals surface area contributed by atoms with E-state index >= 15 is 0 Å². The van der Waals surface area contributed by atoms with Crippen molar-refractivity contribution in [3.63, 3.8) is 0 Å². The van der Waals surface area contributed by atoms with Crippen molar-refractivity contribution in [2.45, 2.75) is 19.3 Å². The molecule has 0 unspecified atom stereocenters. The van der Waals surface area contributed by atoms with E-state index in [4.69, 9.17) is 8.83 Å². The van der Waals surface area contributed by atoms with Crippen LogP contribution >= 0.6 is 0 Å². The fourth-order valence-electron chi connectivity index (χ4n) is 2.38. The lowest BCUT2D eigenvalue weighted by molar-refractivity contribution is -0.153. The van der Waals surface area contributed by atoms with Crippen LogP contribution in [0.15, 0.2) is 69.9 Å². The monoisotopic (exact) mass is 394 g/mol. The number of anilines is 1. The maximum absolute atomic E-state index is 12.7. The van der Waals surface area contributed by atoms with Crippen LogP contribution in [0.3, 0.4) is 0 Å². The van der Waals surface area contributed by atoms with Gasteiger partial charge in [-0.3, -0.25) is 0 Å². The Bertz CT molecular complexity index is 823. The normalized spacial score (nSPS) is 11.2. The molecule has 2 aromatic heterocycles. The standard InChI is InChI=1S/C19H17F3N2O4/c20-19(21,22)13-28-15-7-5-14(6-8-15)23-18(25)24(11-16-3-1-9-26-16)12-17-4-2-10-27-17/h1-10H,11-13H2,(H,23,25). The maximum Gasteiger partial charge on any atom is 0.422 e. The number of furan rings is 2. The SMILES string of the molecule is O=C(Nc1ccc(OCC(F)(F)F)cc1)N(Cc1ccco1)Cc1ccco1. The molecule has 0 aliphatic rings. The minimum atomic E-state index is -4.41. The van der Waals surface area contributed by atoms with Crippen molar-refractivity contribution >= 4 is 11.7 Å². The second-order valence-electron chi connectivity index (χ2n) is 5.87. The molecule has 0 aliphatic heterocycles. The number of amides is 2. The van der Waals surface area contributed by atoms with Gasteiger partial charge in [0.05, 0.1) is 25.6 Å². The lowest BCUT2D eigenvalue weighted by atomic mass is 10.3. The van der Waals surface area contributed by atoms with Gasteiger partial charge in [-0.05, 0) is 48.5 Å². The largest absolute Gasteiger partial charge is 0.484 e. The van der Waals surface area contributed by atoms with Gasteiger partial charge in [0.15, 0.2) is 6.61 Å². The van der Waals surface area contributed by atoms with Crippen molar-refractivity contribution in [3.05, 3.63) is 72.6 Å². The van der Waals surface area contributed by atoms with E-state index in [2.05, 4.69) is 10.1 Å². The topological polar surface area (TPSA) is 67.8 Å². The van der Waals surface area contributed by atoms with Crippen LogP contribution in [-0.4, -0.2) is 23.7 Å². The molecule has 0 atom stereocenters. The van der Waals surface area contributed by atoms with Crippen molar-refractivity contribution in [2.75, 3.05) is 11.9 Å². The molecule has 3 aromatic rings. The van der Waals surface area contributed by atoms with Gasteiger partial charge >= 0.3 is 12.2 Å². The van der Waals surface area contributed by atoms with Gasteiger partial charge in [0.1, 0.15) is 17.3 Å². The molecule has 2 amide bonds. The second-order valence-corrected chi connectivity index (χ2v) is 5.87. The molecule has 0 radical (unpaired) electrons. The average molecular weight is 394 g/mol. The van der Waals surface area contributed by atoms with Gasteiger partial charge in [-0.15, -0.1) is 0 Å². The van der Waals surface area contributed by atoms with Crippen molar-refractivity contribution < 1.29 is 31.5 Å². The van der Waals surface area contributed by atoms with Crippen LogP contribution in [0.2, 0.25) is 0 Å². The Hall–Kier alpha value is -3.36. The summed E-state index contributed by atoms with van der Waals surface area (Å²) in [6.45, 7) is -0.947. The number of hydrogen-bond acceptors (Lipinski definition) is 4. The maximum atomic E-state index is 12.7. The van der Waals surface area contributed by atoms with E-state index in [0.717, 1.165) is 0 Å². The molecule has 148 valence electrons. The van der Waals surface area contributed by atoms with Crippen molar-refractivity contribution in [2.24, 2.45) is 0 Å². The summed E-state index contributed by atoms with van der Waals surface area (Å²) in [5.41, 5.74) is 0.410. The molecule has 6 nitrogen and oxygen atoms in total. The fourth-order valence-corrected chi connectivity index (χ4v) is 2.38. The Labute approximate surface area is 158 Å². The lowest BCUT2D eigenvalue weighted by Crippen LogP contribution is -2.33. The van der Waals surface area contributed by atoms with Crippen LogP contribution in [0.1, 0.15) is 11.5 Å². The Morgan fingerprint density at radius 3 is 2.00 bits per heavy atom. The van der Waals surface area contributed by atoms with Gasteiger partial charge < -0.3 is 23.8 Å². The van der Waals surface area contributed by atoms with Gasteiger partial charge in [0, 0.05) is 5.69 Å². The highest BCUT2D eigenvalue weighted by molar-refractivity contribution is 5.89. The third kappa shape index (κ3) is 5.83. The third-order valence-electron chi connectivity index (χ3n) is 3.65. The molecular weight excluding hydrogens is 377 g/mol. The van der Waals surface area contributed by atoms with Crippen LogP contribution in [-0.2, 0) is 13.1 Å². The van der Waals surface area contributed by atoms with Gasteiger partial charge in [-0.2, -0.15) is 13.2 Å². The summed E-state index contributed by atoms with van der Waals surface area (Å²) < 4.78 is 51.8. The van der Waals surface area contributed by atoms with Crippen molar-refractivity contribution in [3.8, 4) is 5.75 Å². The predicted molar refractivity (Wildman–Crippen MR) is 93.7 cm³/mol. The molecule has 0 fully saturated rings. The number of carbonyl (C=O) groups excluding carboxylic acids is 1. The van der Waals surface area contributed by atoms with Crippen molar-refractivity contribution in [1.29, 1.82) is 0 Å². The number of halogens is 3. The zero-order chi connectivity index (χ0) is 20.0. The number of nitrogens with one attached hydrogen (secondary N) is 1. The van der Waals surface area contributed by atoms with E-state index in [0.29, 0.717) is 17.2 Å². The van der Waals surface area contributed by atoms with Gasteiger partial charge in [-0.1, -0.05) is 0 Å². The zero-order valence-electron chi connectivity index (χ0n) is 14.6. The summed E-state index contributed by atoms with van der Waals surface area (Å²) in [5.74, 6) is 1.24. The number of rotatable bonds is 7. The van der Waals surface area contributed by atoms with Gasteiger partial charge in [-0.25, -0.2) is 4.79 Å². The number of nitrogens with zero attached hydrogens (tertiary/aromatic N) is 1. The van der Waals surface area contributed by atoms with E-state index in [1.165, 1.54) is 41.7 Å². The molecule has 2 heterocycles. The van der Waals surface area contributed by atoms with E-state index in [9.17, 15) is 18.0 Å². The second kappa shape index (κ2) is 8.55. The fraction of sp³-hybridized carbons (Fsp3) is 0.211. The highest BCUT2D eigenvalue weighted by atomic mass is 19.4. The Morgan fingerprint density at radius 2 is 1.54 bits per heavy atom. The molecule has 0 bridgehead atoms. The summed E-state index contributed by atoms with van der Waals surface area (Å²) in [6, 6.07) is 12.1. The molecule has 3 rings (SSSR count). The van der Waals surface area contributed by atoms with Crippen LogP contribution in [0, 0.1) is 0 Å². The molecule has 0 aliphatic carbocycles. The van der Waals surface area contributed by atoms with Crippen LogP contribution in [0.4, 0.5) is 23.7 Å². The predicted octanol–water partition coefficient (Wildman–Crippen LogP) is 5.05. The number of alkyl halides is 3. The quantitative estimate of drug-likeness (QED) is 0.609. The molecule has 28 heavy (non-hydrogen) atoms. The first kappa shape index (κ1) is 19.4. The van der Waals surface area contributed by atoms with Gasteiger partial charge in [0.2, 0.25) is 0 Å². The summed E-state index contributed by atoms with van der Waals surface area (Å²) in [6.07, 6.45) is -1.39. The molecule has 1 aromatic carbocycles. The minimum Gasteiger partial charge on any atom is -0.484 e. The Kier molecular flexibility index (Phi) is 5.93. The zero-order valence-corrected chi connectivity index (χ0v) is 14.6. The number of benzene rings is 1. The van der Waals surface area contributed by atoms with E-state index in [1.807, 2.05) is 0 Å². The van der Waals surface area contributed by atoms with Gasteiger partial charge in [0.25, 0.3) is 0 Å². The highest BCUT2D eigenvalue weighted by Crippen LogP contribution is 2.21. The molecule has 0 saturated carbocycles. The first-order valence-corrected chi connectivity index (χ1v) is 8.29.